The Morgan fingerprint density at radius 1 is 1.40 bits per heavy atom. The maximum atomic E-state index is 5.22. The van der Waals surface area contributed by atoms with Gasteiger partial charge in [0.15, 0.2) is 0 Å². The van der Waals surface area contributed by atoms with E-state index in [1.165, 1.54) is 0 Å². The van der Waals surface area contributed by atoms with Gasteiger partial charge in [-0.05, 0) is 19.8 Å². The fourth-order valence-electron chi connectivity index (χ4n) is 1.68. The largest absolute Gasteiger partial charge is 0.381 e. The normalized spacial score (nSPS) is 24.9. The molecule has 2 rings (SSSR count). The van der Waals surface area contributed by atoms with Gasteiger partial charge in [-0.3, -0.25) is 9.97 Å². The molecule has 0 aliphatic heterocycles. The molecule has 0 unspecified atom stereocenters. The van der Waals surface area contributed by atoms with Crippen LogP contribution in [-0.2, 0) is 11.3 Å². The van der Waals surface area contributed by atoms with Crippen LogP contribution in [-0.4, -0.2) is 29.2 Å². The predicted octanol–water partition coefficient (Wildman–Crippen LogP) is 1.05. The number of nitrogens with one attached hydrogen (secondary N) is 1. The Hall–Kier alpha value is -1.00. The molecule has 0 amide bonds. The van der Waals surface area contributed by atoms with Gasteiger partial charge in [-0.2, -0.15) is 0 Å². The van der Waals surface area contributed by atoms with Gasteiger partial charge in [0.2, 0.25) is 0 Å². The summed E-state index contributed by atoms with van der Waals surface area (Å²) >= 11 is 0. The van der Waals surface area contributed by atoms with Crippen molar-refractivity contribution in [3.63, 3.8) is 0 Å². The number of ether oxygens (including phenoxy) is 1. The van der Waals surface area contributed by atoms with Crippen LogP contribution < -0.4 is 5.32 Å². The van der Waals surface area contributed by atoms with Gasteiger partial charge in [-0.25, -0.2) is 0 Å². The molecule has 1 aliphatic rings. The molecule has 82 valence electrons. The summed E-state index contributed by atoms with van der Waals surface area (Å²) in [6.07, 6.45) is 6.29. The maximum Gasteiger partial charge on any atom is 0.0724 e. The third-order valence-electron chi connectivity index (χ3n) is 2.83. The van der Waals surface area contributed by atoms with Crippen LogP contribution in [0.1, 0.15) is 24.2 Å². The topological polar surface area (TPSA) is 47.0 Å². The minimum atomic E-state index is 0.451. The Kier molecular flexibility index (Phi) is 3.28. The Balaban J connectivity index is 1.72. The van der Waals surface area contributed by atoms with Gasteiger partial charge < -0.3 is 10.1 Å². The van der Waals surface area contributed by atoms with E-state index in [2.05, 4.69) is 15.3 Å². The lowest BCUT2D eigenvalue weighted by atomic mass is 9.89. The van der Waals surface area contributed by atoms with Gasteiger partial charge in [0.05, 0.1) is 17.5 Å². The molecule has 1 saturated carbocycles. The summed E-state index contributed by atoms with van der Waals surface area (Å²) in [4.78, 5) is 8.50. The summed E-state index contributed by atoms with van der Waals surface area (Å²) in [5, 5.41) is 3.44. The van der Waals surface area contributed by atoms with Crippen molar-refractivity contribution < 1.29 is 4.74 Å². The Morgan fingerprint density at radius 3 is 2.80 bits per heavy atom. The summed E-state index contributed by atoms with van der Waals surface area (Å²) < 4.78 is 5.22. The van der Waals surface area contributed by atoms with Gasteiger partial charge in [0, 0.05) is 32.1 Å². The minimum Gasteiger partial charge on any atom is -0.381 e. The molecular weight excluding hydrogens is 190 g/mol. The minimum absolute atomic E-state index is 0.451. The monoisotopic (exact) mass is 207 g/mol. The Bertz CT molecular complexity index is 306. The van der Waals surface area contributed by atoms with Crippen LogP contribution in [0.5, 0.6) is 0 Å². The van der Waals surface area contributed by atoms with Crippen molar-refractivity contribution in [3.8, 4) is 0 Å². The Morgan fingerprint density at radius 2 is 2.20 bits per heavy atom. The van der Waals surface area contributed by atoms with Crippen LogP contribution in [0.15, 0.2) is 12.4 Å². The zero-order valence-electron chi connectivity index (χ0n) is 9.23. The molecule has 0 aromatic carbocycles. The molecule has 0 bridgehead atoms. The van der Waals surface area contributed by atoms with Crippen molar-refractivity contribution in [2.45, 2.75) is 38.5 Å². The van der Waals surface area contributed by atoms with Crippen LogP contribution in [0.2, 0.25) is 0 Å². The van der Waals surface area contributed by atoms with Crippen molar-refractivity contribution in [3.05, 3.63) is 23.8 Å². The van der Waals surface area contributed by atoms with Gasteiger partial charge in [-0.1, -0.05) is 0 Å². The molecule has 1 aliphatic carbocycles. The molecule has 1 N–H and O–H groups in total. The highest BCUT2D eigenvalue weighted by Gasteiger charge is 2.28. The lowest BCUT2D eigenvalue weighted by Gasteiger charge is -2.34. The molecule has 4 nitrogen and oxygen atoms in total. The highest BCUT2D eigenvalue weighted by atomic mass is 16.5. The molecule has 1 aromatic heterocycles. The summed E-state index contributed by atoms with van der Waals surface area (Å²) in [5.41, 5.74) is 1.96. The van der Waals surface area contributed by atoms with E-state index in [4.69, 9.17) is 4.74 Å². The van der Waals surface area contributed by atoms with Crippen molar-refractivity contribution in [2.24, 2.45) is 0 Å². The highest BCUT2D eigenvalue weighted by Crippen LogP contribution is 2.22. The van der Waals surface area contributed by atoms with E-state index in [9.17, 15) is 0 Å². The molecule has 1 heterocycles. The molecule has 1 fully saturated rings. The van der Waals surface area contributed by atoms with Crippen LogP contribution in [0, 0.1) is 6.92 Å². The van der Waals surface area contributed by atoms with E-state index in [1.54, 1.807) is 13.3 Å². The lowest BCUT2D eigenvalue weighted by Crippen LogP contribution is -2.44. The molecule has 1 aromatic rings. The second kappa shape index (κ2) is 4.68. The number of nitrogens with zero attached hydrogens (tertiary/aromatic N) is 2. The number of hydrogen-bond acceptors (Lipinski definition) is 4. The quantitative estimate of drug-likeness (QED) is 0.801. The highest BCUT2D eigenvalue weighted by molar-refractivity contribution is 5.01. The van der Waals surface area contributed by atoms with E-state index in [0.29, 0.717) is 12.1 Å². The number of aromatic nitrogens is 2. The van der Waals surface area contributed by atoms with Crippen LogP contribution in [0.3, 0.4) is 0 Å². The van der Waals surface area contributed by atoms with Crippen LogP contribution in [0.4, 0.5) is 0 Å². The molecule has 0 radical (unpaired) electrons. The van der Waals surface area contributed by atoms with Gasteiger partial charge in [-0.15, -0.1) is 0 Å². The predicted molar refractivity (Wildman–Crippen MR) is 57.4 cm³/mol. The standard InChI is InChI=1S/C11H17N3O/c1-8-5-13-10(6-12-8)7-14-9-3-11(4-9)15-2/h5-6,9,11,14H,3-4,7H2,1-2H3. The number of methoxy groups -OCH3 is 1. The first-order valence-electron chi connectivity index (χ1n) is 5.31. The molecular formula is C11H17N3O. The van der Waals surface area contributed by atoms with E-state index in [0.717, 1.165) is 30.8 Å². The summed E-state index contributed by atoms with van der Waals surface area (Å²) in [6.45, 7) is 2.74. The van der Waals surface area contributed by atoms with Crippen molar-refractivity contribution in [1.29, 1.82) is 0 Å². The first kappa shape index (κ1) is 10.5. The van der Waals surface area contributed by atoms with E-state index < -0.39 is 0 Å². The van der Waals surface area contributed by atoms with Crippen molar-refractivity contribution in [1.82, 2.24) is 15.3 Å². The van der Waals surface area contributed by atoms with E-state index in [1.807, 2.05) is 13.1 Å². The summed E-state index contributed by atoms with van der Waals surface area (Å²) in [5.74, 6) is 0. The second-order valence-corrected chi connectivity index (χ2v) is 4.06. The SMILES string of the molecule is COC1CC(NCc2cnc(C)cn2)C1. The van der Waals surface area contributed by atoms with Crippen molar-refractivity contribution >= 4 is 0 Å². The number of aryl methyl sites for hydroxylation is 1. The van der Waals surface area contributed by atoms with E-state index in [-0.39, 0.29) is 0 Å². The zero-order chi connectivity index (χ0) is 10.7. The zero-order valence-corrected chi connectivity index (χ0v) is 9.23. The fraction of sp³-hybridized carbons (Fsp3) is 0.636. The van der Waals surface area contributed by atoms with Gasteiger partial charge in [0.25, 0.3) is 0 Å². The first-order chi connectivity index (χ1) is 7.28. The first-order valence-corrected chi connectivity index (χ1v) is 5.31. The molecule has 0 atom stereocenters. The van der Waals surface area contributed by atoms with Crippen LogP contribution >= 0.6 is 0 Å². The van der Waals surface area contributed by atoms with Gasteiger partial charge >= 0.3 is 0 Å². The average Bonchev–Trinajstić information content (AvgIpc) is 2.19. The average molecular weight is 207 g/mol. The number of hydrogen-bond donors (Lipinski definition) is 1. The van der Waals surface area contributed by atoms with Crippen LogP contribution in [0.25, 0.3) is 0 Å². The third-order valence-corrected chi connectivity index (χ3v) is 2.83. The fourth-order valence-corrected chi connectivity index (χ4v) is 1.68. The van der Waals surface area contributed by atoms with Crippen molar-refractivity contribution in [2.75, 3.05) is 7.11 Å². The summed E-state index contributed by atoms with van der Waals surface area (Å²) in [6, 6.07) is 0.582. The molecule has 0 saturated heterocycles. The number of rotatable bonds is 4. The smallest absolute Gasteiger partial charge is 0.0724 e. The Labute approximate surface area is 90.1 Å². The molecule has 0 spiro atoms. The second-order valence-electron chi connectivity index (χ2n) is 4.06. The maximum absolute atomic E-state index is 5.22. The molecule has 15 heavy (non-hydrogen) atoms. The lowest BCUT2D eigenvalue weighted by molar-refractivity contribution is 0.0169. The summed E-state index contributed by atoms with van der Waals surface area (Å²) in [7, 11) is 1.77. The molecule has 4 heteroatoms. The van der Waals surface area contributed by atoms with E-state index >= 15 is 0 Å². The third kappa shape index (κ3) is 2.73. The van der Waals surface area contributed by atoms with Gasteiger partial charge in [0.1, 0.15) is 0 Å².